The highest BCUT2D eigenvalue weighted by atomic mass is 16.5. The minimum Gasteiger partial charge on any atom is -0.381 e. The predicted molar refractivity (Wildman–Crippen MR) is 103 cm³/mol. The first-order valence-corrected chi connectivity index (χ1v) is 9.82. The molecular formula is C20H30N4O3. The van der Waals surface area contributed by atoms with Crippen molar-refractivity contribution in [2.24, 2.45) is 0 Å². The van der Waals surface area contributed by atoms with Gasteiger partial charge in [0.05, 0.1) is 12.1 Å². The lowest BCUT2D eigenvalue weighted by atomic mass is 9.92. The van der Waals surface area contributed by atoms with Gasteiger partial charge in [-0.15, -0.1) is 0 Å². The molecule has 7 nitrogen and oxygen atoms in total. The molecule has 1 aliphatic heterocycles. The number of nitrogens with one attached hydrogen (secondary N) is 4. The largest absolute Gasteiger partial charge is 0.381 e. The summed E-state index contributed by atoms with van der Waals surface area (Å²) in [6, 6.07) is 6.97. The maximum absolute atomic E-state index is 12.7. The number of rotatable bonds is 6. The molecule has 1 saturated heterocycles. The SMILES string of the molecule is CCc1ccccc1C(=O)NC1CNNC1C(=O)NC1CCC(OC)CC1. The van der Waals surface area contributed by atoms with Crippen LogP contribution in [0.5, 0.6) is 0 Å². The zero-order valence-corrected chi connectivity index (χ0v) is 16.1. The average Bonchev–Trinajstić information content (AvgIpc) is 3.16. The molecule has 1 saturated carbocycles. The molecule has 3 rings (SSSR count). The molecule has 1 aromatic rings. The van der Waals surface area contributed by atoms with Crippen molar-refractivity contribution in [2.75, 3.05) is 13.7 Å². The van der Waals surface area contributed by atoms with Gasteiger partial charge >= 0.3 is 0 Å². The predicted octanol–water partition coefficient (Wildman–Crippen LogP) is 0.898. The van der Waals surface area contributed by atoms with Crippen LogP contribution < -0.4 is 21.5 Å². The van der Waals surface area contributed by atoms with Crippen molar-refractivity contribution in [3.8, 4) is 0 Å². The third-order valence-corrected chi connectivity index (χ3v) is 5.58. The molecular weight excluding hydrogens is 344 g/mol. The van der Waals surface area contributed by atoms with Gasteiger partial charge in [-0.1, -0.05) is 25.1 Å². The van der Waals surface area contributed by atoms with Crippen LogP contribution in [0, 0.1) is 0 Å². The van der Waals surface area contributed by atoms with Crippen LogP contribution in [0.2, 0.25) is 0 Å². The highest BCUT2D eigenvalue weighted by Crippen LogP contribution is 2.21. The lowest BCUT2D eigenvalue weighted by molar-refractivity contribution is -0.124. The van der Waals surface area contributed by atoms with Crippen molar-refractivity contribution in [2.45, 2.75) is 63.3 Å². The molecule has 0 radical (unpaired) electrons. The minimum absolute atomic E-state index is 0.0741. The summed E-state index contributed by atoms with van der Waals surface area (Å²) in [5.74, 6) is -0.212. The Labute approximate surface area is 160 Å². The molecule has 27 heavy (non-hydrogen) atoms. The molecule has 1 aliphatic carbocycles. The highest BCUT2D eigenvalue weighted by molar-refractivity contribution is 5.96. The van der Waals surface area contributed by atoms with Crippen LogP contribution in [0.15, 0.2) is 24.3 Å². The van der Waals surface area contributed by atoms with Crippen LogP contribution in [-0.4, -0.2) is 49.7 Å². The van der Waals surface area contributed by atoms with Crippen LogP contribution in [0.25, 0.3) is 0 Å². The van der Waals surface area contributed by atoms with Gasteiger partial charge in [-0.05, 0) is 43.7 Å². The monoisotopic (exact) mass is 374 g/mol. The maximum Gasteiger partial charge on any atom is 0.251 e. The molecule has 2 atom stereocenters. The van der Waals surface area contributed by atoms with E-state index in [4.69, 9.17) is 4.74 Å². The number of methoxy groups -OCH3 is 1. The number of hydrazine groups is 1. The molecule has 7 heteroatoms. The van der Waals surface area contributed by atoms with Gasteiger partial charge in [0, 0.05) is 25.3 Å². The van der Waals surface area contributed by atoms with Crippen LogP contribution in [0.1, 0.15) is 48.5 Å². The van der Waals surface area contributed by atoms with E-state index < -0.39 is 6.04 Å². The Bertz CT molecular complexity index is 658. The normalized spacial score (nSPS) is 27.9. The van der Waals surface area contributed by atoms with Gasteiger partial charge in [-0.25, -0.2) is 5.43 Å². The summed E-state index contributed by atoms with van der Waals surface area (Å²) in [4.78, 5) is 25.4. The first-order valence-electron chi connectivity index (χ1n) is 9.82. The molecule has 0 spiro atoms. The second-order valence-corrected chi connectivity index (χ2v) is 7.31. The number of amides is 2. The van der Waals surface area contributed by atoms with Crippen molar-refractivity contribution in [1.82, 2.24) is 21.5 Å². The summed E-state index contributed by atoms with van der Waals surface area (Å²) < 4.78 is 5.38. The van der Waals surface area contributed by atoms with Crippen LogP contribution in [0.3, 0.4) is 0 Å². The molecule has 1 aromatic carbocycles. The Morgan fingerprint density at radius 1 is 1.15 bits per heavy atom. The topological polar surface area (TPSA) is 91.5 Å². The van der Waals surface area contributed by atoms with Crippen LogP contribution in [-0.2, 0) is 16.0 Å². The summed E-state index contributed by atoms with van der Waals surface area (Å²) >= 11 is 0. The first-order chi connectivity index (χ1) is 13.1. The smallest absolute Gasteiger partial charge is 0.251 e. The number of carbonyl (C=O) groups is 2. The molecule has 2 amide bonds. The van der Waals surface area contributed by atoms with E-state index in [1.165, 1.54) is 0 Å². The second kappa shape index (κ2) is 9.30. The van der Waals surface area contributed by atoms with E-state index in [-0.39, 0.29) is 23.9 Å². The number of carbonyl (C=O) groups excluding carboxylic acids is 2. The van der Waals surface area contributed by atoms with Gasteiger partial charge in [0.2, 0.25) is 5.91 Å². The Balaban J connectivity index is 1.57. The van der Waals surface area contributed by atoms with E-state index in [0.717, 1.165) is 37.7 Å². The molecule has 2 aliphatic rings. The number of hydrogen-bond acceptors (Lipinski definition) is 5. The maximum atomic E-state index is 12.7. The van der Waals surface area contributed by atoms with Gasteiger partial charge in [-0.3, -0.25) is 15.0 Å². The fourth-order valence-electron chi connectivity index (χ4n) is 3.91. The van der Waals surface area contributed by atoms with Crippen molar-refractivity contribution < 1.29 is 14.3 Å². The van der Waals surface area contributed by atoms with Crippen LogP contribution in [0.4, 0.5) is 0 Å². The van der Waals surface area contributed by atoms with E-state index in [0.29, 0.717) is 18.2 Å². The molecule has 2 fully saturated rings. The van der Waals surface area contributed by atoms with Crippen molar-refractivity contribution in [3.05, 3.63) is 35.4 Å². The lowest BCUT2D eigenvalue weighted by Gasteiger charge is -2.29. The molecule has 2 unspecified atom stereocenters. The quantitative estimate of drug-likeness (QED) is 0.594. The molecule has 0 aromatic heterocycles. The molecule has 0 bridgehead atoms. The van der Waals surface area contributed by atoms with Crippen LogP contribution >= 0.6 is 0 Å². The number of ether oxygens (including phenoxy) is 1. The minimum atomic E-state index is -0.483. The zero-order chi connectivity index (χ0) is 19.2. The summed E-state index contributed by atoms with van der Waals surface area (Å²) in [5.41, 5.74) is 7.67. The van der Waals surface area contributed by atoms with Crippen molar-refractivity contribution >= 4 is 11.8 Å². The highest BCUT2D eigenvalue weighted by Gasteiger charge is 2.35. The number of aryl methyl sites for hydroxylation is 1. The number of hydrogen-bond donors (Lipinski definition) is 4. The lowest BCUT2D eigenvalue weighted by Crippen LogP contribution is -2.55. The van der Waals surface area contributed by atoms with Gasteiger partial charge in [0.1, 0.15) is 6.04 Å². The summed E-state index contributed by atoms with van der Waals surface area (Å²) in [7, 11) is 1.74. The Morgan fingerprint density at radius 2 is 1.89 bits per heavy atom. The molecule has 1 heterocycles. The third kappa shape index (κ3) is 4.86. The summed E-state index contributed by atoms with van der Waals surface area (Å²) in [6.07, 6.45) is 4.86. The number of benzene rings is 1. The Hall–Kier alpha value is -1.96. The molecule has 4 N–H and O–H groups in total. The van der Waals surface area contributed by atoms with Gasteiger partial charge in [0.15, 0.2) is 0 Å². The summed E-state index contributed by atoms with van der Waals surface area (Å²) in [6.45, 7) is 2.54. The van der Waals surface area contributed by atoms with Gasteiger partial charge < -0.3 is 15.4 Å². The molecule has 148 valence electrons. The fraction of sp³-hybridized carbons (Fsp3) is 0.600. The third-order valence-electron chi connectivity index (χ3n) is 5.58. The van der Waals surface area contributed by atoms with E-state index in [9.17, 15) is 9.59 Å². The Morgan fingerprint density at radius 3 is 2.59 bits per heavy atom. The Kier molecular flexibility index (Phi) is 6.82. The first kappa shape index (κ1) is 19.8. The van der Waals surface area contributed by atoms with Gasteiger partial charge in [-0.2, -0.15) is 0 Å². The second-order valence-electron chi connectivity index (χ2n) is 7.31. The average molecular weight is 374 g/mol. The standard InChI is InChI=1S/C20H30N4O3/c1-3-13-6-4-5-7-16(13)19(25)23-17-12-21-24-18(17)20(26)22-14-8-10-15(27-2)11-9-14/h4-7,14-15,17-18,21,24H,3,8-12H2,1-2H3,(H,22,26)(H,23,25). The van der Waals surface area contributed by atoms with E-state index in [1.54, 1.807) is 7.11 Å². The fourth-order valence-corrected chi connectivity index (χ4v) is 3.91. The van der Waals surface area contributed by atoms with E-state index >= 15 is 0 Å². The van der Waals surface area contributed by atoms with Crippen molar-refractivity contribution in [3.63, 3.8) is 0 Å². The van der Waals surface area contributed by atoms with E-state index in [1.807, 2.05) is 31.2 Å². The summed E-state index contributed by atoms with van der Waals surface area (Å²) in [5, 5.41) is 6.13. The van der Waals surface area contributed by atoms with Crippen molar-refractivity contribution in [1.29, 1.82) is 0 Å². The zero-order valence-electron chi connectivity index (χ0n) is 16.1. The van der Waals surface area contributed by atoms with E-state index in [2.05, 4.69) is 21.5 Å². The van der Waals surface area contributed by atoms with Gasteiger partial charge in [0.25, 0.3) is 5.91 Å².